The van der Waals surface area contributed by atoms with Crippen molar-refractivity contribution >= 4 is 18.0 Å². The highest BCUT2D eigenvalue weighted by atomic mass is 16.6. The first-order valence-corrected chi connectivity index (χ1v) is 7.14. The van der Waals surface area contributed by atoms with Crippen LogP contribution in [0.3, 0.4) is 0 Å². The minimum atomic E-state index is -1.15. The maximum Gasteiger partial charge on any atom is 0.408 e. The second kappa shape index (κ2) is 9.81. The predicted octanol–water partition coefficient (Wildman–Crippen LogP) is 2.25. The van der Waals surface area contributed by atoms with Crippen LogP contribution < -0.4 is 5.32 Å². The van der Waals surface area contributed by atoms with Gasteiger partial charge in [-0.2, -0.15) is 0 Å². The highest BCUT2D eigenvalue weighted by Crippen LogP contribution is 2.11. The van der Waals surface area contributed by atoms with E-state index in [1.54, 1.807) is 20.8 Å². The third-order valence-electron chi connectivity index (χ3n) is 2.47. The molecule has 0 fully saturated rings. The monoisotopic (exact) mass is 315 g/mol. The maximum absolute atomic E-state index is 11.5. The quantitative estimate of drug-likeness (QED) is 0.384. The fourth-order valence-corrected chi connectivity index (χ4v) is 1.59. The van der Waals surface area contributed by atoms with Crippen LogP contribution in [0.5, 0.6) is 0 Å². The molecule has 22 heavy (non-hydrogen) atoms. The Morgan fingerprint density at radius 1 is 1.27 bits per heavy atom. The summed E-state index contributed by atoms with van der Waals surface area (Å²) in [7, 11) is 0. The van der Waals surface area contributed by atoms with E-state index in [4.69, 9.17) is 9.84 Å². The molecule has 2 N–H and O–H groups in total. The Bertz CT molecular complexity index is 399. The molecule has 0 unspecified atom stereocenters. The van der Waals surface area contributed by atoms with Gasteiger partial charge in [0.25, 0.3) is 0 Å². The lowest BCUT2D eigenvalue weighted by molar-refractivity contribution is -0.154. The third kappa shape index (κ3) is 10.7. The van der Waals surface area contributed by atoms with Crippen molar-refractivity contribution in [2.24, 2.45) is 0 Å². The van der Waals surface area contributed by atoms with E-state index in [9.17, 15) is 14.4 Å². The molecule has 0 aromatic heterocycles. The molecule has 0 rings (SSSR count). The number of rotatable bonds is 9. The zero-order valence-electron chi connectivity index (χ0n) is 13.4. The number of unbranched alkanes of at least 4 members (excludes halogenated alkanes) is 1. The van der Waals surface area contributed by atoms with Crippen LogP contribution in [0.4, 0.5) is 4.79 Å². The first-order chi connectivity index (χ1) is 10.2. The Morgan fingerprint density at radius 2 is 1.91 bits per heavy atom. The van der Waals surface area contributed by atoms with Crippen LogP contribution in [-0.2, 0) is 19.1 Å². The summed E-state index contributed by atoms with van der Waals surface area (Å²) in [6.07, 6.45) is 1.96. The van der Waals surface area contributed by atoms with E-state index in [1.807, 2.05) is 0 Å². The molecule has 7 nitrogen and oxygen atoms in total. The molecule has 126 valence electrons. The van der Waals surface area contributed by atoms with Gasteiger partial charge in [0.2, 0.25) is 0 Å². The average molecular weight is 315 g/mol. The van der Waals surface area contributed by atoms with Crippen molar-refractivity contribution < 1.29 is 29.0 Å². The summed E-state index contributed by atoms with van der Waals surface area (Å²) in [6.45, 7) is 8.74. The topological polar surface area (TPSA) is 102 Å². The average Bonchev–Trinajstić information content (AvgIpc) is 2.37. The Balaban J connectivity index is 4.06. The standard InChI is InChI=1S/C15H25NO6/c1-5-10-21-14(20)16-11(13(18)19)8-6-7-9-12(17)22-15(2,3)4/h5,11H,1,6-10H2,2-4H3,(H,16,20)(H,18,19)/t11-/m0/s1. The number of nitrogens with one attached hydrogen (secondary N) is 1. The first-order valence-electron chi connectivity index (χ1n) is 7.14. The molecule has 0 saturated carbocycles. The normalized spacial score (nSPS) is 12.1. The fraction of sp³-hybridized carbons (Fsp3) is 0.667. The summed E-state index contributed by atoms with van der Waals surface area (Å²) in [4.78, 5) is 33.8. The Hall–Kier alpha value is -2.05. The van der Waals surface area contributed by atoms with Crippen LogP contribution in [0, 0.1) is 0 Å². The summed E-state index contributed by atoms with van der Waals surface area (Å²) in [5, 5.41) is 11.3. The van der Waals surface area contributed by atoms with Crippen molar-refractivity contribution in [2.75, 3.05) is 6.61 Å². The smallest absolute Gasteiger partial charge is 0.408 e. The number of hydrogen-bond acceptors (Lipinski definition) is 5. The van der Waals surface area contributed by atoms with Crippen LogP contribution >= 0.6 is 0 Å². The summed E-state index contributed by atoms with van der Waals surface area (Å²) >= 11 is 0. The van der Waals surface area contributed by atoms with Gasteiger partial charge >= 0.3 is 18.0 Å². The van der Waals surface area contributed by atoms with E-state index in [-0.39, 0.29) is 25.4 Å². The van der Waals surface area contributed by atoms with Gasteiger partial charge in [0.15, 0.2) is 0 Å². The molecule has 0 aromatic carbocycles. The Morgan fingerprint density at radius 3 is 2.41 bits per heavy atom. The van der Waals surface area contributed by atoms with Crippen molar-refractivity contribution in [3.05, 3.63) is 12.7 Å². The zero-order valence-corrected chi connectivity index (χ0v) is 13.4. The molecule has 7 heteroatoms. The lowest BCUT2D eigenvalue weighted by Crippen LogP contribution is -2.41. The van der Waals surface area contributed by atoms with Crippen molar-refractivity contribution in [1.82, 2.24) is 5.32 Å². The van der Waals surface area contributed by atoms with Crippen LogP contribution in [0.25, 0.3) is 0 Å². The molecule has 0 aliphatic heterocycles. The summed E-state index contributed by atoms with van der Waals surface area (Å²) in [6, 6.07) is -1.05. The van der Waals surface area contributed by atoms with Crippen molar-refractivity contribution in [3.8, 4) is 0 Å². The third-order valence-corrected chi connectivity index (χ3v) is 2.47. The second-order valence-corrected chi connectivity index (χ2v) is 5.75. The molecular formula is C15H25NO6. The van der Waals surface area contributed by atoms with Gasteiger partial charge in [-0.3, -0.25) is 4.79 Å². The number of ether oxygens (including phenoxy) is 2. The molecule has 0 aromatic rings. The van der Waals surface area contributed by atoms with E-state index < -0.39 is 23.7 Å². The van der Waals surface area contributed by atoms with Gasteiger partial charge in [0, 0.05) is 6.42 Å². The van der Waals surface area contributed by atoms with Gasteiger partial charge in [0.1, 0.15) is 18.2 Å². The van der Waals surface area contributed by atoms with Crippen LogP contribution in [-0.4, -0.2) is 41.4 Å². The fourth-order valence-electron chi connectivity index (χ4n) is 1.59. The van der Waals surface area contributed by atoms with E-state index >= 15 is 0 Å². The molecule has 0 aliphatic rings. The van der Waals surface area contributed by atoms with Crippen molar-refractivity contribution in [3.63, 3.8) is 0 Å². The lowest BCUT2D eigenvalue weighted by Gasteiger charge is -2.19. The van der Waals surface area contributed by atoms with Crippen LogP contribution in [0.1, 0.15) is 46.5 Å². The van der Waals surface area contributed by atoms with E-state index in [0.29, 0.717) is 12.8 Å². The number of amides is 1. The molecule has 0 radical (unpaired) electrons. The highest BCUT2D eigenvalue weighted by Gasteiger charge is 2.21. The number of hydrogen-bond donors (Lipinski definition) is 2. The van der Waals surface area contributed by atoms with Gasteiger partial charge in [-0.1, -0.05) is 19.1 Å². The maximum atomic E-state index is 11.5. The van der Waals surface area contributed by atoms with Gasteiger partial charge < -0.3 is 19.9 Å². The molecule has 1 atom stereocenters. The Labute approximate surface area is 130 Å². The number of carboxylic acid groups (broad SMARTS) is 1. The van der Waals surface area contributed by atoms with Crippen LogP contribution in [0.15, 0.2) is 12.7 Å². The molecule has 0 heterocycles. The van der Waals surface area contributed by atoms with Gasteiger partial charge in [0.05, 0.1) is 0 Å². The largest absolute Gasteiger partial charge is 0.480 e. The number of carbonyl (C=O) groups excluding carboxylic acids is 2. The summed E-state index contributed by atoms with van der Waals surface area (Å²) in [5.74, 6) is -1.47. The molecule has 0 bridgehead atoms. The number of carboxylic acids is 1. The first kappa shape index (κ1) is 19.9. The minimum absolute atomic E-state index is 0.0107. The molecule has 0 saturated heterocycles. The van der Waals surface area contributed by atoms with E-state index in [2.05, 4.69) is 16.6 Å². The number of aliphatic carboxylic acids is 1. The number of esters is 1. The number of alkyl carbamates (subject to hydrolysis) is 1. The van der Waals surface area contributed by atoms with Gasteiger partial charge in [-0.15, -0.1) is 0 Å². The summed E-state index contributed by atoms with van der Waals surface area (Å²) in [5.41, 5.74) is -0.531. The van der Waals surface area contributed by atoms with E-state index in [1.165, 1.54) is 6.08 Å². The minimum Gasteiger partial charge on any atom is -0.480 e. The highest BCUT2D eigenvalue weighted by molar-refractivity contribution is 5.79. The molecule has 0 aliphatic carbocycles. The van der Waals surface area contributed by atoms with Gasteiger partial charge in [-0.25, -0.2) is 9.59 Å². The lowest BCUT2D eigenvalue weighted by atomic mass is 10.1. The SMILES string of the molecule is C=CCOC(=O)N[C@@H](CCCCC(=O)OC(C)(C)C)C(=O)O. The van der Waals surface area contributed by atoms with Gasteiger partial charge in [-0.05, 0) is 33.6 Å². The zero-order chi connectivity index (χ0) is 17.2. The van der Waals surface area contributed by atoms with Crippen LogP contribution in [0.2, 0.25) is 0 Å². The Kier molecular flexibility index (Phi) is 8.89. The molecule has 0 spiro atoms. The van der Waals surface area contributed by atoms with Crippen molar-refractivity contribution in [2.45, 2.75) is 58.1 Å². The predicted molar refractivity (Wildman–Crippen MR) is 80.4 cm³/mol. The summed E-state index contributed by atoms with van der Waals surface area (Å²) < 4.78 is 9.81. The number of carbonyl (C=O) groups is 3. The van der Waals surface area contributed by atoms with Crippen molar-refractivity contribution in [1.29, 1.82) is 0 Å². The second-order valence-electron chi connectivity index (χ2n) is 5.75. The molecule has 1 amide bonds. The molecular weight excluding hydrogens is 290 g/mol. The van der Waals surface area contributed by atoms with E-state index in [0.717, 1.165) is 0 Å².